The van der Waals surface area contributed by atoms with E-state index in [1.54, 1.807) is 24.3 Å². The maximum atomic E-state index is 13.1. The number of hydrogen-bond acceptors (Lipinski definition) is 10. The van der Waals surface area contributed by atoms with E-state index in [1.165, 1.54) is 17.1 Å². The number of hydrogen-bond donors (Lipinski definition) is 0. The molecule has 1 atom stereocenters. The lowest BCUT2D eigenvalue weighted by Gasteiger charge is -2.14. The Bertz CT molecular complexity index is 1860. The quantitative estimate of drug-likeness (QED) is 0.0524. The molecular weight excluding hydrogens is 654 g/mol. The van der Waals surface area contributed by atoms with E-state index in [0.29, 0.717) is 61.8 Å². The SMILES string of the molecule is C=C(CC(=O)OCCC)C(=O)OCCCOc1ccc(C(=O)Oc2ccc3c(c2)C(C)c2cc(OCCCN4C(=O)C=CC4=O)ccc2-3)cc1C. The highest BCUT2D eigenvalue weighted by molar-refractivity contribution is 6.12. The van der Waals surface area contributed by atoms with Crippen molar-refractivity contribution in [3.05, 3.63) is 101 Å². The Hall–Kier alpha value is -5.71. The zero-order valence-corrected chi connectivity index (χ0v) is 29.0. The van der Waals surface area contributed by atoms with E-state index in [9.17, 15) is 24.0 Å². The van der Waals surface area contributed by atoms with E-state index in [-0.39, 0.29) is 42.9 Å². The number of amides is 2. The van der Waals surface area contributed by atoms with Gasteiger partial charge in [-0.05, 0) is 90.0 Å². The molecule has 1 heterocycles. The number of benzene rings is 3. The summed E-state index contributed by atoms with van der Waals surface area (Å²) in [6.07, 6.45) is 3.97. The van der Waals surface area contributed by atoms with Gasteiger partial charge in [0.15, 0.2) is 0 Å². The van der Waals surface area contributed by atoms with Crippen LogP contribution in [0.15, 0.2) is 78.9 Å². The van der Waals surface area contributed by atoms with Crippen LogP contribution < -0.4 is 14.2 Å². The number of imide groups is 1. The molecule has 0 fully saturated rings. The molecule has 0 saturated carbocycles. The number of carbonyl (C=O) groups excluding carboxylic acids is 5. The van der Waals surface area contributed by atoms with Gasteiger partial charge in [0.1, 0.15) is 17.2 Å². The number of rotatable bonds is 17. The molecule has 2 amide bonds. The van der Waals surface area contributed by atoms with Gasteiger partial charge in [0.05, 0.1) is 38.4 Å². The van der Waals surface area contributed by atoms with Crippen molar-refractivity contribution in [3.8, 4) is 28.4 Å². The van der Waals surface area contributed by atoms with E-state index in [4.69, 9.17) is 23.7 Å². The van der Waals surface area contributed by atoms with Crippen LogP contribution in [-0.4, -0.2) is 67.6 Å². The van der Waals surface area contributed by atoms with Gasteiger partial charge in [-0.25, -0.2) is 9.59 Å². The maximum Gasteiger partial charge on any atom is 0.343 e. The summed E-state index contributed by atoms with van der Waals surface area (Å²) in [5, 5.41) is 0. The Kier molecular flexibility index (Phi) is 12.0. The Morgan fingerprint density at radius 3 is 2.14 bits per heavy atom. The molecule has 0 saturated heterocycles. The molecular formula is C40H41NO10. The van der Waals surface area contributed by atoms with Crippen molar-refractivity contribution in [2.24, 2.45) is 0 Å². The van der Waals surface area contributed by atoms with Crippen molar-refractivity contribution in [1.82, 2.24) is 4.90 Å². The average molecular weight is 696 g/mol. The van der Waals surface area contributed by atoms with Crippen LogP contribution in [0, 0.1) is 6.92 Å². The predicted molar refractivity (Wildman–Crippen MR) is 188 cm³/mol. The minimum absolute atomic E-state index is 0.0369. The molecule has 3 aromatic rings. The van der Waals surface area contributed by atoms with Gasteiger partial charge in [-0.15, -0.1) is 0 Å². The Morgan fingerprint density at radius 2 is 1.45 bits per heavy atom. The maximum absolute atomic E-state index is 13.1. The minimum Gasteiger partial charge on any atom is -0.494 e. The van der Waals surface area contributed by atoms with E-state index in [2.05, 4.69) is 13.5 Å². The molecule has 1 aliphatic carbocycles. The third-order valence-corrected chi connectivity index (χ3v) is 8.48. The smallest absolute Gasteiger partial charge is 0.343 e. The highest BCUT2D eigenvalue weighted by Crippen LogP contribution is 2.47. The second-order valence-electron chi connectivity index (χ2n) is 12.3. The Morgan fingerprint density at radius 1 is 0.784 bits per heavy atom. The minimum atomic E-state index is -0.650. The van der Waals surface area contributed by atoms with Crippen LogP contribution in [0.4, 0.5) is 0 Å². The number of fused-ring (bicyclic) bond motifs is 3. The summed E-state index contributed by atoms with van der Waals surface area (Å²) in [6.45, 7) is 10.7. The van der Waals surface area contributed by atoms with Gasteiger partial charge in [-0.1, -0.05) is 32.6 Å². The van der Waals surface area contributed by atoms with Crippen LogP contribution >= 0.6 is 0 Å². The number of aryl methyl sites for hydroxylation is 1. The normalized spacial score (nSPS) is 14.2. The first kappa shape index (κ1) is 36.6. The summed E-state index contributed by atoms with van der Waals surface area (Å²) in [5.41, 5.74) is 5.43. The molecule has 0 bridgehead atoms. The molecule has 1 aliphatic heterocycles. The van der Waals surface area contributed by atoms with Crippen LogP contribution in [-0.2, 0) is 28.7 Å². The fraction of sp³-hybridized carbons (Fsp3) is 0.325. The fourth-order valence-corrected chi connectivity index (χ4v) is 5.80. The molecule has 0 radical (unpaired) electrons. The highest BCUT2D eigenvalue weighted by atomic mass is 16.5. The van der Waals surface area contributed by atoms with E-state index in [1.807, 2.05) is 44.2 Å². The lowest BCUT2D eigenvalue weighted by Crippen LogP contribution is -2.31. The molecule has 0 N–H and O–H groups in total. The number of carbonyl (C=O) groups is 5. The van der Waals surface area contributed by atoms with Gasteiger partial charge >= 0.3 is 17.9 Å². The summed E-state index contributed by atoms with van der Waals surface area (Å²) < 4.78 is 27.6. The molecule has 3 aromatic carbocycles. The summed E-state index contributed by atoms with van der Waals surface area (Å²) in [5.74, 6) is -0.497. The van der Waals surface area contributed by atoms with E-state index in [0.717, 1.165) is 27.8 Å². The highest BCUT2D eigenvalue weighted by Gasteiger charge is 2.27. The molecule has 2 aliphatic rings. The zero-order valence-electron chi connectivity index (χ0n) is 29.0. The fourth-order valence-electron chi connectivity index (χ4n) is 5.80. The number of nitrogens with zero attached hydrogens (tertiary/aromatic N) is 1. The van der Waals surface area contributed by atoms with Crippen LogP contribution in [0.1, 0.15) is 72.5 Å². The standard InChI is InChI=1S/C40H41NO10/c1-5-17-49-38(44)22-26(3)39(45)50-20-7-19-48-35-13-8-28(21-25(35)2)40(46)51-30-10-12-32-31-11-9-29(23-33(31)27(4)34(32)24-30)47-18-6-16-41-36(42)14-15-37(41)43/h8-15,21,23-24,27H,3,5-7,16-20,22H2,1-2,4H3. The molecule has 5 rings (SSSR count). The van der Waals surface area contributed by atoms with Crippen molar-refractivity contribution in [1.29, 1.82) is 0 Å². The third kappa shape index (κ3) is 9.10. The van der Waals surface area contributed by atoms with Crippen molar-refractivity contribution >= 4 is 29.7 Å². The van der Waals surface area contributed by atoms with Gasteiger partial charge in [0, 0.05) is 36.6 Å². The van der Waals surface area contributed by atoms with Crippen LogP contribution in [0.2, 0.25) is 0 Å². The molecule has 11 heteroatoms. The lowest BCUT2D eigenvalue weighted by atomic mass is 9.99. The van der Waals surface area contributed by atoms with Gasteiger partial charge in [-0.3, -0.25) is 19.3 Å². The van der Waals surface area contributed by atoms with E-state index >= 15 is 0 Å². The molecule has 0 aromatic heterocycles. The largest absolute Gasteiger partial charge is 0.494 e. The Balaban J connectivity index is 1.08. The first-order valence-electron chi connectivity index (χ1n) is 17.0. The lowest BCUT2D eigenvalue weighted by molar-refractivity contribution is -0.146. The van der Waals surface area contributed by atoms with Crippen molar-refractivity contribution < 1.29 is 47.7 Å². The zero-order chi connectivity index (χ0) is 36.5. The number of ether oxygens (including phenoxy) is 5. The second kappa shape index (κ2) is 16.8. The van der Waals surface area contributed by atoms with Crippen molar-refractivity contribution in [2.45, 2.75) is 52.4 Å². The van der Waals surface area contributed by atoms with Crippen LogP contribution in [0.3, 0.4) is 0 Å². The van der Waals surface area contributed by atoms with Crippen LogP contribution in [0.5, 0.6) is 17.2 Å². The summed E-state index contributed by atoms with van der Waals surface area (Å²) in [7, 11) is 0. The second-order valence-corrected chi connectivity index (χ2v) is 12.3. The van der Waals surface area contributed by atoms with Gasteiger partial charge in [-0.2, -0.15) is 0 Å². The van der Waals surface area contributed by atoms with Gasteiger partial charge in [0.25, 0.3) is 11.8 Å². The first-order chi connectivity index (χ1) is 24.5. The molecule has 266 valence electrons. The van der Waals surface area contributed by atoms with E-state index < -0.39 is 17.9 Å². The monoisotopic (exact) mass is 695 g/mol. The van der Waals surface area contributed by atoms with Gasteiger partial charge < -0.3 is 23.7 Å². The molecule has 0 spiro atoms. The summed E-state index contributed by atoms with van der Waals surface area (Å²) in [4.78, 5) is 61.5. The predicted octanol–water partition coefficient (Wildman–Crippen LogP) is 6.25. The average Bonchev–Trinajstić information content (AvgIpc) is 3.59. The molecule has 51 heavy (non-hydrogen) atoms. The van der Waals surface area contributed by atoms with Crippen LogP contribution in [0.25, 0.3) is 11.1 Å². The first-order valence-corrected chi connectivity index (χ1v) is 17.0. The van der Waals surface area contributed by atoms with Crippen molar-refractivity contribution in [2.75, 3.05) is 33.0 Å². The molecule has 11 nitrogen and oxygen atoms in total. The van der Waals surface area contributed by atoms with Gasteiger partial charge in [0.2, 0.25) is 0 Å². The number of esters is 3. The Labute approximate surface area is 296 Å². The third-order valence-electron chi connectivity index (χ3n) is 8.48. The van der Waals surface area contributed by atoms with Crippen molar-refractivity contribution in [3.63, 3.8) is 0 Å². The topological polar surface area (TPSA) is 135 Å². The summed E-state index contributed by atoms with van der Waals surface area (Å²) in [6, 6.07) is 16.6. The summed E-state index contributed by atoms with van der Waals surface area (Å²) >= 11 is 0. The molecule has 1 unspecified atom stereocenters.